The number of carbonyl (C=O) groups is 1. The first-order valence-corrected chi connectivity index (χ1v) is 8.62. The van der Waals surface area contributed by atoms with Gasteiger partial charge in [0.05, 0.1) is 10.5 Å². The Hall–Kier alpha value is -1.40. The molecule has 0 saturated heterocycles. The van der Waals surface area contributed by atoms with Crippen molar-refractivity contribution in [3.8, 4) is 0 Å². The Bertz CT molecular complexity index is 608. The molecule has 1 aromatic carbocycles. The lowest BCUT2D eigenvalue weighted by Crippen LogP contribution is -2.26. The minimum atomic E-state index is -3.66. The molecule has 1 rings (SSSR count). The van der Waals surface area contributed by atoms with Gasteiger partial charge in [-0.1, -0.05) is 32.3 Å². The molecule has 2 N–H and O–H groups in total. The van der Waals surface area contributed by atoms with Gasteiger partial charge in [-0.3, -0.25) is 0 Å². The third-order valence-electron chi connectivity index (χ3n) is 3.36. The van der Waals surface area contributed by atoms with E-state index < -0.39 is 16.0 Å². The average Bonchev–Trinajstić information content (AvgIpc) is 2.37. The van der Waals surface area contributed by atoms with E-state index in [0.29, 0.717) is 17.7 Å². The number of hydrogen-bond acceptors (Lipinski definition) is 3. The minimum absolute atomic E-state index is 0.0203. The van der Waals surface area contributed by atoms with E-state index in [-0.39, 0.29) is 10.5 Å². The van der Waals surface area contributed by atoms with Crippen LogP contribution >= 0.6 is 0 Å². The molecule has 21 heavy (non-hydrogen) atoms. The molecule has 0 aliphatic carbocycles. The third kappa shape index (κ3) is 4.82. The summed E-state index contributed by atoms with van der Waals surface area (Å²) in [4.78, 5) is 11.2. The van der Waals surface area contributed by atoms with Crippen LogP contribution in [-0.4, -0.2) is 26.0 Å². The molecule has 0 radical (unpaired) electrons. The molecular formula is C15H23NO4S. The van der Waals surface area contributed by atoms with E-state index >= 15 is 0 Å². The van der Waals surface area contributed by atoms with Crippen molar-refractivity contribution >= 4 is 16.0 Å². The maximum absolute atomic E-state index is 12.3. The second kappa shape index (κ2) is 7.56. The van der Waals surface area contributed by atoms with E-state index in [2.05, 4.69) is 11.6 Å². The number of benzene rings is 1. The van der Waals surface area contributed by atoms with Gasteiger partial charge in [0.2, 0.25) is 10.0 Å². The largest absolute Gasteiger partial charge is 0.478 e. The zero-order valence-electron chi connectivity index (χ0n) is 12.8. The van der Waals surface area contributed by atoms with Gasteiger partial charge in [-0.25, -0.2) is 17.9 Å². The van der Waals surface area contributed by atoms with Crippen LogP contribution in [-0.2, 0) is 10.0 Å². The molecule has 0 spiro atoms. The monoisotopic (exact) mass is 313 g/mol. The highest BCUT2D eigenvalue weighted by molar-refractivity contribution is 7.89. The number of unbranched alkanes of at least 4 members (excludes halogenated alkanes) is 3. The van der Waals surface area contributed by atoms with Crippen molar-refractivity contribution in [3.63, 3.8) is 0 Å². The maximum Gasteiger partial charge on any atom is 0.335 e. The van der Waals surface area contributed by atoms with Gasteiger partial charge in [-0.15, -0.1) is 0 Å². The summed E-state index contributed by atoms with van der Waals surface area (Å²) in [7, 11) is -3.66. The predicted molar refractivity (Wildman–Crippen MR) is 82.2 cm³/mol. The highest BCUT2D eigenvalue weighted by atomic mass is 32.2. The van der Waals surface area contributed by atoms with Gasteiger partial charge in [0, 0.05) is 6.54 Å². The van der Waals surface area contributed by atoms with Crippen LogP contribution in [0.3, 0.4) is 0 Å². The molecule has 0 aromatic heterocycles. The van der Waals surface area contributed by atoms with Crippen molar-refractivity contribution in [2.24, 2.45) is 0 Å². The SMILES string of the molecule is CCCCCCNS(=O)(=O)c1cc(C(=O)O)c(C)cc1C. The summed E-state index contributed by atoms with van der Waals surface area (Å²) in [6.45, 7) is 5.79. The second-order valence-electron chi connectivity index (χ2n) is 5.20. The summed E-state index contributed by atoms with van der Waals surface area (Å²) in [5.74, 6) is -1.12. The van der Waals surface area contributed by atoms with Crippen LogP contribution in [0.2, 0.25) is 0 Å². The van der Waals surface area contributed by atoms with Gasteiger partial charge in [0.1, 0.15) is 0 Å². The van der Waals surface area contributed by atoms with Crippen LogP contribution in [0.4, 0.5) is 0 Å². The number of carboxylic acid groups (broad SMARTS) is 1. The Morgan fingerprint density at radius 1 is 1.14 bits per heavy atom. The lowest BCUT2D eigenvalue weighted by atomic mass is 10.1. The number of hydrogen-bond donors (Lipinski definition) is 2. The van der Waals surface area contributed by atoms with Gasteiger partial charge in [-0.05, 0) is 37.5 Å². The van der Waals surface area contributed by atoms with E-state index in [0.717, 1.165) is 25.7 Å². The number of rotatable bonds is 8. The van der Waals surface area contributed by atoms with Crippen LogP contribution in [0.1, 0.15) is 54.1 Å². The van der Waals surface area contributed by atoms with Gasteiger partial charge in [0.25, 0.3) is 0 Å². The fourth-order valence-electron chi connectivity index (χ4n) is 2.19. The molecular weight excluding hydrogens is 290 g/mol. The summed E-state index contributed by atoms with van der Waals surface area (Å²) < 4.78 is 27.1. The summed E-state index contributed by atoms with van der Waals surface area (Å²) in [6, 6.07) is 2.83. The molecule has 0 unspecified atom stereocenters. The standard InChI is InChI=1S/C15H23NO4S/c1-4-5-6-7-8-16-21(19,20)14-10-13(15(17)18)11(2)9-12(14)3/h9-10,16H,4-8H2,1-3H3,(H,17,18). The zero-order chi connectivity index (χ0) is 16.0. The molecule has 0 atom stereocenters. The van der Waals surface area contributed by atoms with Gasteiger partial charge < -0.3 is 5.11 Å². The Balaban J connectivity index is 2.92. The van der Waals surface area contributed by atoms with Crippen molar-refractivity contribution in [2.75, 3.05) is 6.54 Å². The Kier molecular flexibility index (Phi) is 6.36. The van der Waals surface area contributed by atoms with E-state index in [9.17, 15) is 13.2 Å². The van der Waals surface area contributed by atoms with E-state index in [4.69, 9.17) is 5.11 Å². The first kappa shape index (κ1) is 17.7. The van der Waals surface area contributed by atoms with Gasteiger partial charge in [0.15, 0.2) is 0 Å². The molecule has 0 aliphatic heterocycles. The lowest BCUT2D eigenvalue weighted by Gasteiger charge is -2.12. The topological polar surface area (TPSA) is 83.5 Å². The van der Waals surface area contributed by atoms with Gasteiger partial charge >= 0.3 is 5.97 Å². The molecule has 0 heterocycles. The van der Waals surface area contributed by atoms with Crippen molar-refractivity contribution in [1.82, 2.24) is 4.72 Å². The first-order chi connectivity index (χ1) is 9.79. The van der Waals surface area contributed by atoms with Crippen LogP contribution in [0.25, 0.3) is 0 Å². The molecule has 118 valence electrons. The summed E-state index contributed by atoms with van der Waals surface area (Å²) in [5.41, 5.74) is 1.13. The maximum atomic E-state index is 12.3. The number of nitrogens with one attached hydrogen (secondary N) is 1. The van der Waals surface area contributed by atoms with Crippen LogP contribution in [0, 0.1) is 13.8 Å². The molecule has 0 amide bonds. The molecule has 0 fully saturated rings. The van der Waals surface area contributed by atoms with E-state index in [1.54, 1.807) is 19.9 Å². The number of aromatic carboxylic acids is 1. The summed E-state index contributed by atoms with van der Waals surface area (Å²) >= 11 is 0. The van der Waals surface area contributed by atoms with E-state index in [1.165, 1.54) is 6.07 Å². The zero-order valence-corrected chi connectivity index (χ0v) is 13.6. The van der Waals surface area contributed by atoms with Crippen molar-refractivity contribution in [1.29, 1.82) is 0 Å². The second-order valence-corrected chi connectivity index (χ2v) is 6.93. The fraction of sp³-hybridized carbons (Fsp3) is 0.533. The lowest BCUT2D eigenvalue weighted by molar-refractivity contribution is 0.0696. The van der Waals surface area contributed by atoms with Crippen LogP contribution < -0.4 is 4.72 Å². The molecule has 0 saturated carbocycles. The normalized spacial score (nSPS) is 11.6. The van der Waals surface area contributed by atoms with Crippen molar-refractivity contribution in [3.05, 3.63) is 28.8 Å². The van der Waals surface area contributed by atoms with Crippen molar-refractivity contribution < 1.29 is 18.3 Å². The number of sulfonamides is 1. The summed E-state index contributed by atoms with van der Waals surface area (Å²) in [6.07, 6.45) is 3.93. The van der Waals surface area contributed by atoms with E-state index in [1.807, 2.05) is 0 Å². The summed E-state index contributed by atoms with van der Waals surface area (Å²) in [5, 5.41) is 9.10. The van der Waals surface area contributed by atoms with Gasteiger partial charge in [-0.2, -0.15) is 0 Å². The minimum Gasteiger partial charge on any atom is -0.478 e. The molecule has 6 heteroatoms. The molecule has 0 bridgehead atoms. The smallest absolute Gasteiger partial charge is 0.335 e. The molecule has 0 aliphatic rings. The number of carboxylic acids is 1. The van der Waals surface area contributed by atoms with Crippen LogP contribution in [0.5, 0.6) is 0 Å². The Morgan fingerprint density at radius 2 is 1.81 bits per heavy atom. The predicted octanol–water partition coefficient (Wildman–Crippen LogP) is 2.86. The Labute approximate surface area is 126 Å². The highest BCUT2D eigenvalue weighted by Crippen LogP contribution is 2.20. The highest BCUT2D eigenvalue weighted by Gasteiger charge is 2.20. The first-order valence-electron chi connectivity index (χ1n) is 7.13. The van der Waals surface area contributed by atoms with Crippen LogP contribution in [0.15, 0.2) is 17.0 Å². The average molecular weight is 313 g/mol. The third-order valence-corrected chi connectivity index (χ3v) is 4.97. The number of aryl methyl sites for hydroxylation is 2. The van der Waals surface area contributed by atoms with Crippen molar-refractivity contribution in [2.45, 2.75) is 51.3 Å². The Morgan fingerprint density at radius 3 is 2.38 bits per heavy atom. The molecule has 5 nitrogen and oxygen atoms in total. The fourth-order valence-corrected chi connectivity index (χ4v) is 3.51. The molecule has 1 aromatic rings. The quantitative estimate of drug-likeness (QED) is 0.723.